The zero-order valence-electron chi connectivity index (χ0n) is 20.2. The predicted octanol–water partition coefficient (Wildman–Crippen LogP) is 7.86. The summed E-state index contributed by atoms with van der Waals surface area (Å²) < 4.78 is 18.2. The van der Waals surface area contributed by atoms with E-state index < -0.39 is 12.6 Å². The van der Waals surface area contributed by atoms with Crippen molar-refractivity contribution in [2.75, 3.05) is 13.2 Å². The summed E-state index contributed by atoms with van der Waals surface area (Å²) in [5.41, 5.74) is 2.57. The van der Waals surface area contributed by atoms with Crippen LogP contribution in [0.1, 0.15) is 37.5 Å². The van der Waals surface area contributed by atoms with Gasteiger partial charge in [0.1, 0.15) is 17.2 Å². The van der Waals surface area contributed by atoms with Gasteiger partial charge in [-0.1, -0.05) is 54.4 Å². The third-order valence-corrected chi connectivity index (χ3v) is 6.98. The van der Waals surface area contributed by atoms with Gasteiger partial charge in [0.2, 0.25) is 0 Å². The van der Waals surface area contributed by atoms with Crippen LogP contribution in [0.25, 0.3) is 0 Å². The second kappa shape index (κ2) is 11.0. The minimum absolute atomic E-state index is 0.0441. The Hall–Kier alpha value is -2.99. The van der Waals surface area contributed by atoms with Gasteiger partial charge in [-0.25, -0.2) is 4.79 Å². The number of rotatable bonds is 8. The van der Waals surface area contributed by atoms with Gasteiger partial charge in [0.15, 0.2) is 6.61 Å². The number of halogens is 2. The molecule has 1 fully saturated rings. The van der Waals surface area contributed by atoms with Gasteiger partial charge >= 0.3 is 5.97 Å². The molecule has 1 aliphatic rings. The average molecular weight is 527 g/mol. The van der Waals surface area contributed by atoms with Crippen LogP contribution in [-0.4, -0.2) is 24.3 Å². The summed E-state index contributed by atoms with van der Waals surface area (Å²) >= 11 is 12.1. The summed E-state index contributed by atoms with van der Waals surface area (Å²) in [6.07, 6.45) is 0.398. The van der Waals surface area contributed by atoms with Gasteiger partial charge in [0.25, 0.3) is 0 Å². The third-order valence-electron chi connectivity index (χ3n) is 6.48. The molecule has 1 heterocycles. The number of hydrogen-bond donors (Lipinski definition) is 1. The van der Waals surface area contributed by atoms with Crippen LogP contribution in [0.5, 0.6) is 17.2 Å². The van der Waals surface area contributed by atoms with Crippen molar-refractivity contribution in [3.8, 4) is 17.2 Å². The van der Waals surface area contributed by atoms with E-state index in [-0.39, 0.29) is 17.4 Å². The Balaban J connectivity index is 1.68. The molecule has 7 heteroatoms. The fraction of sp³-hybridized carbons (Fsp3) is 0.276. The molecule has 188 valence electrons. The van der Waals surface area contributed by atoms with Crippen LogP contribution in [0.15, 0.2) is 78.9 Å². The lowest BCUT2D eigenvalue weighted by atomic mass is 9.70. The highest BCUT2D eigenvalue weighted by Gasteiger charge is 2.42. The van der Waals surface area contributed by atoms with E-state index in [2.05, 4.69) is 13.5 Å². The number of aliphatic carboxylic acids is 1. The van der Waals surface area contributed by atoms with Gasteiger partial charge in [0, 0.05) is 26.9 Å². The maximum Gasteiger partial charge on any atom is 0.341 e. The lowest BCUT2D eigenvalue weighted by molar-refractivity contribution is -0.139. The molecule has 1 aliphatic heterocycles. The van der Waals surface area contributed by atoms with Crippen molar-refractivity contribution < 1.29 is 24.1 Å². The molecule has 3 aromatic rings. The summed E-state index contributed by atoms with van der Waals surface area (Å²) in [4.78, 5) is 11.2. The molecule has 0 aliphatic carbocycles. The first-order chi connectivity index (χ1) is 17.1. The zero-order valence-corrected chi connectivity index (χ0v) is 21.7. The van der Waals surface area contributed by atoms with Crippen LogP contribution in [0.3, 0.4) is 0 Å². The van der Waals surface area contributed by atoms with Gasteiger partial charge in [-0.2, -0.15) is 0 Å². The molecule has 5 nitrogen and oxygen atoms in total. The van der Waals surface area contributed by atoms with Crippen molar-refractivity contribution in [3.05, 3.63) is 100 Å². The first kappa shape index (κ1) is 26.1. The van der Waals surface area contributed by atoms with Gasteiger partial charge in [-0.3, -0.25) is 0 Å². The van der Waals surface area contributed by atoms with Crippen LogP contribution in [0, 0.1) is 5.92 Å². The minimum atomic E-state index is -1.06. The second-order valence-electron chi connectivity index (χ2n) is 9.39. The zero-order chi connectivity index (χ0) is 25.9. The molecule has 1 N–H and O–H groups in total. The summed E-state index contributed by atoms with van der Waals surface area (Å²) in [6, 6.07) is 20.2. The Morgan fingerprint density at radius 2 is 1.67 bits per heavy atom. The van der Waals surface area contributed by atoms with Crippen molar-refractivity contribution in [2.24, 2.45) is 5.92 Å². The molecule has 0 spiro atoms. The van der Waals surface area contributed by atoms with Crippen molar-refractivity contribution in [2.45, 2.75) is 31.8 Å². The SMILES string of the molecule is C=C(C)[C@@H]1C[C@](C)(c2ccc(Cl)cc2)CO[C@H]1c1cc(Oc2ccc(Cl)cc2)ccc1OCC(=O)O. The fourth-order valence-corrected chi connectivity index (χ4v) is 4.81. The number of carbonyl (C=O) groups is 1. The standard InChI is InChI=1S/C29H28Cl2O5/c1-18(2)25-15-29(3,19-4-6-20(30)7-5-19)17-35-28(25)24-14-23(12-13-26(24)34-16-27(32)33)36-22-10-8-21(31)9-11-22/h4-14,25,28H,1,15-17H2,2-3H3,(H,32,33)/t25-,28-,29-/m0/s1. The molecule has 4 rings (SSSR count). The molecule has 0 unspecified atom stereocenters. The highest BCUT2D eigenvalue weighted by Crippen LogP contribution is 2.48. The molecule has 0 bridgehead atoms. The topological polar surface area (TPSA) is 65.0 Å². The summed E-state index contributed by atoms with van der Waals surface area (Å²) in [6.45, 7) is 8.41. The highest BCUT2D eigenvalue weighted by atomic mass is 35.5. The fourth-order valence-electron chi connectivity index (χ4n) is 4.56. The lowest BCUT2D eigenvalue weighted by Crippen LogP contribution is -2.40. The molecule has 36 heavy (non-hydrogen) atoms. The normalized spacial score (nSPS) is 21.6. The second-order valence-corrected chi connectivity index (χ2v) is 10.3. The maximum atomic E-state index is 11.2. The van der Waals surface area contributed by atoms with E-state index in [1.807, 2.05) is 37.3 Å². The smallest absolute Gasteiger partial charge is 0.341 e. The van der Waals surface area contributed by atoms with Crippen molar-refractivity contribution in [1.29, 1.82) is 0 Å². The first-order valence-electron chi connectivity index (χ1n) is 11.6. The Morgan fingerprint density at radius 3 is 2.28 bits per heavy atom. The van der Waals surface area contributed by atoms with E-state index in [1.165, 1.54) is 0 Å². The number of carboxylic acid groups (broad SMARTS) is 1. The van der Waals surface area contributed by atoms with Crippen LogP contribution >= 0.6 is 23.2 Å². The van der Waals surface area contributed by atoms with E-state index >= 15 is 0 Å². The number of ether oxygens (including phenoxy) is 3. The Morgan fingerprint density at radius 1 is 1.06 bits per heavy atom. The van der Waals surface area contributed by atoms with Crippen molar-refractivity contribution >= 4 is 29.2 Å². The molecular formula is C29H28Cl2O5. The Labute approximate surface area is 221 Å². The number of carboxylic acids is 1. The summed E-state index contributed by atoms with van der Waals surface area (Å²) in [7, 11) is 0. The molecule has 3 aromatic carbocycles. The van der Waals surface area contributed by atoms with Crippen LogP contribution in [-0.2, 0) is 14.9 Å². The van der Waals surface area contributed by atoms with E-state index in [0.29, 0.717) is 39.5 Å². The van der Waals surface area contributed by atoms with Crippen molar-refractivity contribution in [1.82, 2.24) is 0 Å². The Kier molecular flexibility index (Phi) is 7.94. The third kappa shape index (κ3) is 6.04. The van der Waals surface area contributed by atoms with E-state index in [1.54, 1.807) is 36.4 Å². The molecule has 3 atom stereocenters. The van der Waals surface area contributed by atoms with Crippen molar-refractivity contribution in [3.63, 3.8) is 0 Å². The molecule has 0 aromatic heterocycles. The molecule has 0 saturated carbocycles. The summed E-state index contributed by atoms with van der Waals surface area (Å²) in [5, 5.41) is 10.5. The average Bonchev–Trinajstić information content (AvgIpc) is 2.85. The largest absolute Gasteiger partial charge is 0.482 e. The highest BCUT2D eigenvalue weighted by molar-refractivity contribution is 6.30. The van der Waals surface area contributed by atoms with E-state index in [4.69, 9.17) is 37.4 Å². The predicted molar refractivity (Wildman–Crippen MR) is 142 cm³/mol. The van der Waals surface area contributed by atoms with Gasteiger partial charge in [-0.15, -0.1) is 0 Å². The summed E-state index contributed by atoms with van der Waals surface area (Å²) in [5.74, 6) is 0.536. The lowest BCUT2D eigenvalue weighted by Gasteiger charge is -2.44. The Bertz CT molecular complexity index is 1240. The molecular weight excluding hydrogens is 499 g/mol. The molecule has 0 amide bonds. The van der Waals surface area contributed by atoms with E-state index in [9.17, 15) is 9.90 Å². The van der Waals surface area contributed by atoms with Gasteiger partial charge < -0.3 is 19.3 Å². The van der Waals surface area contributed by atoms with Crippen LogP contribution in [0.4, 0.5) is 0 Å². The van der Waals surface area contributed by atoms with Crippen LogP contribution in [0.2, 0.25) is 10.0 Å². The van der Waals surface area contributed by atoms with Crippen LogP contribution < -0.4 is 9.47 Å². The minimum Gasteiger partial charge on any atom is -0.482 e. The quantitative estimate of drug-likeness (QED) is 0.302. The number of benzene rings is 3. The molecule has 0 radical (unpaired) electrons. The van der Waals surface area contributed by atoms with Gasteiger partial charge in [-0.05, 0) is 73.5 Å². The molecule has 1 saturated heterocycles. The van der Waals surface area contributed by atoms with Gasteiger partial charge in [0.05, 0.1) is 12.7 Å². The monoisotopic (exact) mass is 526 g/mol. The first-order valence-corrected chi connectivity index (χ1v) is 12.4. The van der Waals surface area contributed by atoms with E-state index in [0.717, 1.165) is 17.6 Å². The maximum absolute atomic E-state index is 11.2. The number of hydrogen-bond acceptors (Lipinski definition) is 4.